The number of ketones is 1. The number of fused-ring (bicyclic) bond motifs is 1. The zero-order valence-corrected chi connectivity index (χ0v) is 20.4. The van der Waals surface area contributed by atoms with Crippen LogP contribution >= 0.6 is 0 Å². The summed E-state index contributed by atoms with van der Waals surface area (Å²) in [4.78, 5) is 16.0. The summed E-state index contributed by atoms with van der Waals surface area (Å²) in [6, 6.07) is 18.7. The van der Waals surface area contributed by atoms with Crippen LogP contribution < -0.4 is 4.73 Å². The number of carbonyl (C=O) groups is 1. The molecule has 6 nitrogen and oxygen atoms in total. The second-order valence-corrected chi connectivity index (χ2v) is 11.6. The van der Waals surface area contributed by atoms with Crippen LogP contribution in [0.25, 0.3) is 33.2 Å². The second kappa shape index (κ2) is 8.65. The highest BCUT2D eigenvalue weighted by atomic mass is 32.2. The van der Waals surface area contributed by atoms with Gasteiger partial charge in [-0.05, 0) is 67.8 Å². The van der Waals surface area contributed by atoms with Crippen LogP contribution in [0.3, 0.4) is 0 Å². The van der Waals surface area contributed by atoms with Crippen LogP contribution in [0.1, 0.15) is 32.0 Å². The first kappa shape index (κ1) is 23.6. The van der Waals surface area contributed by atoms with E-state index >= 15 is 0 Å². The van der Waals surface area contributed by atoms with E-state index in [1.165, 1.54) is 19.4 Å². The molecule has 2 aromatic carbocycles. The molecule has 0 fully saturated rings. The lowest BCUT2D eigenvalue weighted by atomic mass is 9.92. The van der Waals surface area contributed by atoms with Crippen molar-refractivity contribution in [3.63, 3.8) is 0 Å². The Hall–Kier alpha value is -3.58. The third-order valence-corrected chi connectivity index (χ3v) is 8.35. The minimum absolute atomic E-state index is 0.0735. The van der Waals surface area contributed by atoms with E-state index in [4.69, 9.17) is 0 Å². The number of hydrogen-bond acceptors (Lipinski definition) is 5. The molecule has 0 aliphatic carbocycles. The molecule has 0 unspecified atom stereocenters. The molecule has 0 spiro atoms. The average molecular weight is 475 g/mol. The van der Waals surface area contributed by atoms with Gasteiger partial charge in [0.1, 0.15) is 5.78 Å². The van der Waals surface area contributed by atoms with Gasteiger partial charge in [-0.15, -0.1) is 0 Å². The van der Waals surface area contributed by atoms with Crippen LogP contribution in [0.5, 0.6) is 0 Å². The Bertz CT molecular complexity index is 1530. The summed E-state index contributed by atoms with van der Waals surface area (Å²) in [7, 11) is -3.37. The molecule has 174 valence electrons. The van der Waals surface area contributed by atoms with Gasteiger partial charge in [-0.1, -0.05) is 24.3 Å². The number of hydrogen-bond donors (Lipinski definition) is 0. The van der Waals surface area contributed by atoms with E-state index in [9.17, 15) is 18.4 Å². The molecule has 2 aromatic heterocycles. The molecular formula is C27H26N2O4S. The van der Waals surface area contributed by atoms with E-state index in [2.05, 4.69) is 4.98 Å². The van der Waals surface area contributed by atoms with E-state index in [-0.39, 0.29) is 12.2 Å². The molecule has 0 aliphatic rings. The summed E-state index contributed by atoms with van der Waals surface area (Å²) in [5.74, 6) is -0.0735. The van der Waals surface area contributed by atoms with Crippen LogP contribution in [-0.2, 0) is 25.8 Å². The van der Waals surface area contributed by atoms with Crippen molar-refractivity contribution < 1.29 is 17.9 Å². The van der Waals surface area contributed by atoms with Crippen molar-refractivity contribution in [2.75, 3.05) is 6.26 Å². The monoisotopic (exact) mass is 474 g/mol. The fourth-order valence-electron chi connectivity index (χ4n) is 3.91. The van der Waals surface area contributed by atoms with Gasteiger partial charge in [-0.2, -0.15) is 4.73 Å². The number of rotatable bonds is 6. The van der Waals surface area contributed by atoms with Crippen LogP contribution in [0.2, 0.25) is 0 Å². The summed E-state index contributed by atoms with van der Waals surface area (Å²) in [6.07, 6.45) is 4.52. The summed E-state index contributed by atoms with van der Waals surface area (Å²) in [6.45, 7) is 4.86. The third kappa shape index (κ3) is 4.43. The van der Waals surface area contributed by atoms with Gasteiger partial charge in [-0.3, -0.25) is 9.78 Å². The largest absolute Gasteiger partial charge is 0.618 e. The molecular weight excluding hydrogens is 448 g/mol. The van der Waals surface area contributed by atoms with Crippen molar-refractivity contribution in [2.45, 2.75) is 31.9 Å². The van der Waals surface area contributed by atoms with Gasteiger partial charge >= 0.3 is 0 Å². The number of aromatic nitrogens is 2. The number of sulfone groups is 1. The smallest absolute Gasteiger partial charge is 0.200 e. The molecule has 0 saturated carbocycles. The number of benzene rings is 2. The quantitative estimate of drug-likeness (QED) is 0.301. The molecule has 34 heavy (non-hydrogen) atoms. The van der Waals surface area contributed by atoms with Gasteiger partial charge in [0, 0.05) is 35.0 Å². The van der Waals surface area contributed by atoms with E-state index in [1.807, 2.05) is 54.6 Å². The van der Waals surface area contributed by atoms with Gasteiger partial charge in [0.25, 0.3) is 0 Å². The van der Waals surface area contributed by atoms with Gasteiger partial charge in [-0.25, -0.2) is 8.42 Å². The Labute approximate surface area is 199 Å². The fourth-order valence-corrected chi connectivity index (χ4v) is 4.46. The van der Waals surface area contributed by atoms with Gasteiger partial charge < -0.3 is 5.21 Å². The summed E-state index contributed by atoms with van der Waals surface area (Å²) >= 11 is 0. The lowest BCUT2D eigenvalue weighted by Crippen LogP contribution is -2.32. The minimum atomic E-state index is -3.37. The summed E-state index contributed by atoms with van der Waals surface area (Å²) in [5, 5.41) is 13.3. The van der Waals surface area contributed by atoms with Crippen molar-refractivity contribution in [1.29, 1.82) is 0 Å². The highest BCUT2D eigenvalue weighted by Gasteiger charge is 2.33. The van der Waals surface area contributed by atoms with Crippen LogP contribution in [0, 0.1) is 5.21 Å². The number of carbonyl (C=O) groups excluding carboxylic acids is 1. The Morgan fingerprint density at radius 3 is 2.41 bits per heavy atom. The first-order valence-electron chi connectivity index (χ1n) is 10.9. The van der Waals surface area contributed by atoms with Crippen molar-refractivity contribution >= 4 is 26.5 Å². The maximum Gasteiger partial charge on any atom is 0.200 e. The number of pyridine rings is 2. The zero-order valence-electron chi connectivity index (χ0n) is 19.6. The highest BCUT2D eigenvalue weighted by Crippen LogP contribution is 2.37. The lowest BCUT2D eigenvalue weighted by molar-refractivity contribution is -0.612. The van der Waals surface area contributed by atoms with Gasteiger partial charge in [0.2, 0.25) is 0 Å². The van der Waals surface area contributed by atoms with Gasteiger partial charge in [0.05, 0.1) is 16.7 Å². The molecule has 0 aliphatic heterocycles. The first-order chi connectivity index (χ1) is 16.0. The summed E-state index contributed by atoms with van der Waals surface area (Å²) < 4.78 is 24.7. The molecule has 4 aromatic rings. The molecule has 7 heteroatoms. The fraction of sp³-hybridized carbons (Fsp3) is 0.222. The molecule has 4 rings (SSSR count). The second-order valence-electron chi connectivity index (χ2n) is 9.08. The highest BCUT2D eigenvalue weighted by molar-refractivity contribution is 7.91. The Morgan fingerprint density at radius 1 is 1.00 bits per heavy atom. The first-order valence-corrected chi connectivity index (χ1v) is 12.8. The van der Waals surface area contributed by atoms with Crippen molar-refractivity contribution in [1.82, 2.24) is 4.98 Å². The van der Waals surface area contributed by atoms with E-state index in [1.54, 1.807) is 26.1 Å². The molecule has 0 amide bonds. The zero-order chi connectivity index (χ0) is 24.7. The standard InChI is InChI=1S/C27H26N2O4S/c1-18(30)13-24-11-10-22(17-29(24)31)19-7-5-8-20(14-19)25-16-23(27(2,3)34(4,32)33)15-21-9-6-12-28-26(21)25/h5-12,14-17H,13H2,1-4H3. The maximum atomic E-state index is 12.5. The number of Topliss-reactive ketones (excluding diaryl/α,β-unsaturated/α-hetero) is 1. The Kier molecular flexibility index (Phi) is 6.00. The lowest BCUT2D eigenvalue weighted by Gasteiger charge is -2.24. The Morgan fingerprint density at radius 2 is 1.74 bits per heavy atom. The SMILES string of the molecule is CC(=O)Cc1ccc(-c2cccc(-c3cc(C(C)(C)S(C)(=O)=O)cc4cccnc34)c2)c[n+]1[O-]. The van der Waals surface area contributed by atoms with E-state index in [0.29, 0.717) is 16.8 Å². The Balaban J connectivity index is 1.87. The van der Waals surface area contributed by atoms with Crippen LogP contribution in [-0.4, -0.2) is 25.4 Å². The normalized spacial score (nSPS) is 12.1. The molecule has 0 radical (unpaired) electrons. The van der Waals surface area contributed by atoms with Crippen LogP contribution in [0.15, 0.2) is 73.1 Å². The molecule has 0 N–H and O–H groups in total. The third-order valence-electron chi connectivity index (χ3n) is 6.26. The van der Waals surface area contributed by atoms with E-state index in [0.717, 1.165) is 32.3 Å². The summed E-state index contributed by atoms with van der Waals surface area (Å²) in [5.41, 5.74) is 5.07. The minimum Gasteiger partial charge on any atom is -0.618 e. The predicted octanol–water partition coefficient (Wildman–Crippen LogP) is 4.61. The van der Waals surface area contributed by atoms with Crippen molar-refractivity contribution in [3.05, 3.63) is 89.5 Å². The molecule has 0 saturated heterocycles. The molecule has 0 atom stereocenters. The van der Waals surface area contributed by atoms with Gasteiger partial charge in [0.15, 0.2) is 21.7 Å². The van der Waals surface area contributed by atoms with E-state index < -0.39 is 14.6 Å². The van der Waals surface area contributed by atoms with Crippen molar-refractivity contribution in [2.24, 2.45) is 0 Å². The molecule has 2 heterocycles. The predicted molar refractivity (Wildman–Crippen MR) is 134 cm³/mol. The number of nitrogens with zero attached hydrogens (tertiary/aromatic N) is 2. The molecule has 0 bridgehead atoms. The topological polar surface area (TPSA) is 91.0 Å². The average Bonchev–Trinajstić information content (AvgIpc) is 2.78. The maximum absolute atomic E-state index is 12.5. The van der Waals surface area contributed by atoms with Crippen molar-refractivity contribution in [3.8, 4) is 22.3 Å². The van der Waals surface area contributed by atoms with Crippen LogP contribution in [0.4, 0.5) is 0 Å².